The second kappa shape index (κ2) is 4.08. The van der Waals surface area contributed by atoms with E-state index in [4.69, 9.17) is 5.11 Å². The molecule has 0 fully saturated rings. The lowest BCUT2D eigenvalue weighted by molar-refractivity contribution is -0.121. The molecule has 1 atom stereocenters. The van der Waals surface area contributed by atoms with Crippen LogP contribution >= 0.6 is 0 Å². The first kappa shape index (κ1) is 9.02. The molecule has 0 radical (unpaired) electrons. The number of carbonyl (C=O) groups excluding carboxylic acids is 1. The lowest BCUT2D eigenvalue weighted by Crippen LogP contribution is -2.14. The minimum atomic E-state index is -0.111. The number of Topliss-reactive ketones (excluding diaryl/α,β-unsaturated/α-hetero) is 1. The van der Waals surface area contributed by atoms with Crippen LogP contribution in [0.4, 0.5) is 0 Å². The van der Waals surface area contributed by atoms with Gasteiger partial charge in [-0.15, -0.1) is 0 Å². The summed E-state index contributed by atoms with van der Waals surface area (Å²) in [6.45, 7) is 1.80. The molecule has 0 saturated heterocycles. The molecular formula is C10H12O2. The Kier molecular flexibility index (Phi) is 3.07. The molecule has 0 amide bonds. The van der Waals surface area contributed by atoms with E-state index >= 15 is 0 Å². The fraction of sp³-hybridized carbons (Fsp3) is 0.500. The molecule has 0 aromatic heterocycles. The molecule has 2 nitrogen and oxygen atoms in total. The Hall–Kier alpha value is -1.07. The highest BCUT2D eigenvalue weighted by Gasteiger charge is 2.17. The number of hydrogen-bond acceptors (Lipinski definition) is 2. The van der Waals surface area contributed by atoms with Gasteiger partial charge in [-0.3, -0.25) is 4.79 Å². The van der Waals surface area contributed by atoms with E-state index in [2.05, 4.69) is 11.8 Å². The average molecular weight is 164 g/mol. The van der Waals surface area contributed by atoms with Crippen molar-refractivity contribution >= 4 is 5.78 Å². The lowest BCUT2D eigenvalue weighted by Gasteiger charge is -2.13. The van der Waals surface area contributed by atoms with Crippen molar-refractivity contribution in [3.8, 4) is 11.8 Å². The van der Waals surface area contributed by atoms with E-state index < -0.39 is 0 Å². The molecule has 0 aromatic rings. The molecule has 1 aliphatic carbocycles. The standard InChI is InChI=1S/C10H12O2/c1-8-7-9(3-2-6-11)4-5-10(8)12/h4,8,11H,5-7H2,1H3. The molecule has 0 aliphatic heterocycles. The van der Waals surface area contributed by atoms with Crippen molar-refractivity contribution in [2.45, 2.75) is 19.8 Å². The number of allylic oxidation sites excluding steroid dienone is 2. The number of hydrogen-bond donors (Lipinski definition) is 1. The van der Waals surface area contributed by atoms with Gasteiger partial charge in [0, 0.05) is 12.3 Å². The van der Waals surface area contributed by atoms with E-state index in [0.29, 0.717) is 6.42 Å². The molecule has 0 spiro atoms. The van der Waals surface area contributed by atoms with Crippen LogP contribution in [-0.2, 0) is 4.79 Å². The first-order valence-corrected chi connectivity index (χ1v) is 4.05. The van der Waals surface area contributed by atoms with Crippen molar-refractivity contribution in [1.82, 2.24) is 0 Å². The third kappa shape index (κ3) is 2.21. The van der Waals surface area contributed by atoms with Crippen LogP contribution < -0.4 is 0 Å². The van der Waals surface area contributed by atoms with E-state index in [1.165, 1.54) is 0 Å². The van der Waals surface area contributed by atoms with Gasteiger partial charge in [-0.1, -0.05) is 24.8 Å². The molecule has 2 heteroatoms. The van der Waals surface area contributed by atoms with E-state index in [1.807, 2.05) is 13.0 Å². The highest BCUT2D eigenvalue weighted by Crippen LogP contribution is 2.19. The quantitative estimate of drug-likeness (QED) is 0.540. The maximum atomic E-state index is 11.1. The number of ketones is 1. The fourth-order valence-electron chi connectivity index (χ4n) is 1.21. The summed E-state index contributed by atoms with van der Waals surface area (Å²) in [7, 11) is 0. The third-order valence-corrected chi connectivity index (χ3v) is 1.95. The monoisotopic (exact) mass is 164 g/mol. The van der Waals surface area contributed by atoms with Crippen molar-refractivity contribution in [1.29, 1.82) is 0 Å². The summed E-state index contributed by atoms with van der Waals surface area (Å²) in [6.07, 6.45) is 3.08. The maximum absolute atomic E-state index is 11.1. The predicted octanol–water partition coefficient (Wildman–Crippen LogP) is 0.907. The summed E-state index contributed by atoms with van der Waals surface area (Å²) in [6, 6.07) is 0. The molecule has 12 heavy (non-hydrogen) atoms. The molecule has 1 N–H and O–H groups in total. The molecule has 64 valence electrons. The summed E-state index contributed by atoms with van der Waals surface area (Å²) in [5.74, 6) is 5.79. The third-order valence-electron chi connectivity index (χ3n) is 1.95. The maximum Gasteiger partial charge on any atom is 0.139 e. The Bertz CT molecular complexity index is 265. The van der Waals surface area contributed by atoms with Crippen LogP contribution in [0.5, 0.6) is 0 Å². The summed E-state index contributed by atoms with van der Waals surface area (Å²) in [5, 5.41) is 8.45. The van der Waals surface area contributed by atoms with E-state index in [1.54, 1.807) is 0 Å². The van der Waals surface area contributed by atoms with Crippen molar-refractivity contribution in [2.24, 2.45) is 5.92 Å². The second-order valence-electron chi connectivity index (χ2n) is 2.96. The van der Waals surface area contributed by atoms with Crippen LogP contribution in [0.15, 0.2) is 11.6 Å². The summed E-state index contributed by atoms with van der Waals surface area (Å²) >= 11 is 0. The minimum Gasteiger partial charge on any atom is -0.384 e. The van der Waals surface area contributed by atoms with E-state index in [0.717, 1.165) is 12.0 Å². The number of aliphatic hydroxyl groups is 1. The van der Waals surface area contributed by atoms with Gasteiger partial charge in [-0.25, -0.2) is 0 Å². The first-order chi connectivity index (χ1) is 5.74. The van der Waals surface area contributed by atoms with E-state index in [9.17, 15) is 4.79 Å². The Labute approximate surface area is 72.3 Å². The highest BCUT2D eigenvalue weighted by molar-refractivity contribution is 5.84. The van der Waals surface area contributed by atoms with Crippen LogP contribution in [0.25, 0.3) is 0 Å². The minimum absolute atomic E-state index is 0.0954. The van der Waals surface area contributed by atoms with Gasteiger partial charge in [-0.2, -0.15) is 0 Å². The fourth-order valence-corrected chi connectivity index (χ4v) is 1.21. The van der Waals surface area contributed by atoms with Crippen LogP contribution in [0, 0.1) is 17.8 Å². The SMILES string of the molecule is CC1CC(C#CCO)=CCC1=O. The zero-order valence-electron chi connectivity index (χ0n) is 7.13. The second-order valence-corrected chi connectivity index (χ2v) is 2.96. The molecular weight excluding hydrogens is 152 g/mol. The first-order valence-electron chi connectivity index (χ1n) is 4.05. The van der Waals surface area contributed by atoms with Crippen LogP contribution in [0.1, 0.15) is 19.8 Å². The topological polar surface area (TPSA) is 37.3 Å². The van der Waals surface area contributed by atoms with Crippen molar-refractivity contribution in [2.75, 3.05) is 6.61 Å². The molecule has 0 aromatic carbocycles. The molecule has 0 heterocycles. The Balaban J connectivity index is 2.64. The molecule has 1 rings (SSSR count). The molecule has 1 unspecified atom stereocenters. The van der Waals surface area contributed by atoms with Gasteiger partial charge < -0.3 is 5.11 Å². The molecule has 0 saturated carbocycles. The zero-order valence-corrected chi connectivity index (χ0v) is 7.13. The summed E-state index contributed by atoms with van der Waals surface area (Å²) in [4.78, 5) is 11.1. The van der Waals surface area contributed by atoms with Gasteiger partial charge in [-0.05, 0) is 12.0 Å². The Morgan fingerprint density at radius 1 is 1.75 bits per heavy atom. The van der Waals surface area contributed by atoms with Crippen LogP contribution in [0.2, 0.25) is 0 Å². The van der Waals surface area contributed by atoms with E-state index in [-0.39, 0.29) is 18.3 Å². The normalized spacial score (nSPS) is 22.7. The summed E-state index contributed by atoms with van der Waals surface area (Å²) in [5.41, 5.74) is 0.983. The van der Waals surface area contributed by atoms with Crippen molar-refractivity contribution < 1.29 is 9.90 Å². The van der Waals surface area contributed by atoms with Crippen molar-refractivity contribution in [3.05, 3.63) is 11.6 Å². The van der Waals surface area contributed by atoms with Gasteiger partial charge >= 0.3 is 0 Å². The number of carbonyl (C=O) groups is 1. The average Bonchev–Trinajstić information content (AvgIpc) is 2.07. The predicted molar refractivity (Wildman–Crippen MR) is 46.3 cm³/mol. The van der Waals surface area contributed by atoms with Gasteiger partial charge in [0.05, 0.1) is 0 Å². The molecule has 0 bridgehead atoms. The van der Waals surface area contributed by atoms with Gasteiger partial charge in [0.15, 0.2) is 0 Å². The molecule has 1 aliphatic rings. The highest BCUT2D eigenvalue weighted by atomic mass is 16.2. The van der Waals surface area contributed by atoms with Gasteiger partial charge in [0.2, 0.25) is 0 Å². The van der Waals surface area contributed by atoms with Gasteiger partial charge in [0.25, 0.3) is 0 Å². The van der Waals surface area contributed by atoms with Crippen molar-refractivity contribution in [3.63, 3.8) is 0 Å². The smallest absolute Gasteiger partial charge is 0.139 e. The van der Waals surface area contributed by atoms with Crippen LogP contribution in [-0.4, -0.2) is 17.5 Å². The van der Waals surface area contributed by atoms with Gasteiger partial charge in [0.1, 0.15) is 12.4 Å². The Morgan fingerprint density at radius 2 is 2.50 bits per heavy atom. The largest absolute Gasteiger partial charge is 0.384 e. The lowest BCUT2D eigenvalue weighted by atomic mass is 9.89. The Morgan fingerprint density at radius 3 is 3.08 bits per heavy atom. The van der Waals surface area contributed by atoms with Crippen LogP contribution in [0.3, 0.4) is 0 Å². The number of rotatable bonds is 0. The summed E-state index contributed by atoms with van der Waals surface area (Å²) < 4.78 is 0. The number of aliphatic hydroxyl groups excluding tert-OH is 1. The zero-order chi connectivity index (χ0) is 8.97.